The van der Waals surface area contributed by atoms with E-state index in [0.29, 0.717) is 21.9 Å². The van der Waals surface area contributed by atoms with Crippen molar-refractivity contribution in [3.8, 4) is 5.69 Å². The molecule has 0 saturated carbocycles. The molecule has 0 aliphatic rings. The summed E-state index contributed by atoms with van der Waals surface area (Å²) in [6, 6.07) is 19.7. The van der Waals surface area contributed by atoms with Gasteiger partial charge in [-0.05, 0) is 66.6 Å². The first-order valence-electron chi connectivity index (χ1n) is 11.4. The largest absolute Gasteiger partial charge is 0.478 e. The Labute approximate surface area is 207 Å². The second-order valence-electron chi connectivity index (χ2n) is 8.79. The molecule has 0 fully saturated rings. The van der Waals surface area contributed by atoms with Gasteiger partial charge < -0.3 is 9.67 Å². The summed E-state index contributed by atoms with van der Waals surface area (Å²) in [5, 5.41) is 10.7. The highest BCUT2D eigenvalue weighted by molar-refractivity contribution is 7.90. The number of carbonyl (C=O) groups is 1. The lowest BCUT2D eigenvalue weighted by Crippen LogP contribution is -2.11. The molecular formula is C28H23FN2O4S. The van der Waals surface area contributed by atoms with Gasteiger partial charge in [-0.3, -0.25) is 0 Å². The fraction of sp³-hybridized carbons (Fsp3) is 0.107. The van der Waals surface area contributed by atoms with Gasteiger partial charge >= 0.3 is 5.97 Å². The minimum Gasteiger partial charge on any atom is -0.478 e. The summed E-state index contributed by atoms with van der Waals surface area (Å²) in [7, 11) is -3.85. The molecule has 0 spiro atoms. The van der Waals surface area contributed by atoms with Crippen molar-refractivity contribution < 1.29 is 22.7 Å². The molecule has 0 saturated heterocycles. The quantitative estimate of drug-likeness (QED) is 0.281. The number of benzene rings is 3. The van der Waals surface area contributed by atoms with Gasteiger partial charge in [-0.15, -0.1) is 0 Å². The first kappa shape index (κ1) is 23.6. The zero-order chi connectivity index (χ0) is 25.6. The van der Waals surface area contributed by atoms with Crippen LogP contribution in [0.5, 0.6) is 0 Å². The average molecular weight is 503 g/mol. The molecule has 2 heterocycles. The van der Waals surface area contributed by atoms with E-state index in [4.69, 9.17) is 0 Å². The predicted octanol–water partition coefficient (Wildman–Crippen LogP) is 6.18. The van der Waals surface area contributed by atoms with Crippen LogP contribution in [-0.4, -0.2) is 28.0 Å². The van der Waals surface area contributed by atoms with E-state index in [0.717, 1.165) is 23.0 Å². The second kappa shape index (κ2) is 8.80. The van der Waals surface area contributed by atoms with E-state index in [1.165, 1.54) is 28.4 Å². The Balaban J connectivity index is 1.87. The predicted molar refractivity (Wildman–Crippen MR) is 139 cm³/mol. The molecule has 0 aliphatic heterocycles. The summed E-state index contributed by atoms with van der Waals surface area (Å²) in [6.45, 7) is 3.98. The maximum Gasteiger partial charge on any atom is 0.328 e. The van der Waals surface area contributed by atoms with Crippen molar-refractivity contribution in [1.29, 1.82) is 0 Å². The molecule has 6 nitrogen and oxygen atoms in total. The van der Waals surface area contributed by atoms with Gasteiger partial charge in [0.2, 0.25) is 0 Å². The third kappa shape index (κ3) is 3.89. The van der Waals surface area contributed by atoms with Crippen molar-refractivity contribution >= 4 is 43.9 Å². The van der Waals surface area contributed by atoms with E-state index in [1.54, 1.807) is 54.6 Å². The van der Waals surface area contributed by atoms with Crippen molar-refractivity contribution in [3.05, 3.63) is 102 Å². The van der Waals surface area contributed by atoms with E-state index in [2.05, 4.69) is 0 Å². The van der Waals surface area contributed by atoms with Crippen molar-refractivity contribution in [2.75, 3.05) is 0 Å². The smallest absolute Gasteiger partial charge is 0.328 e. The van der Waals surface area contributed by atoms with Crippen LogP contribution >= 0.6 is 0 Å². The first-order chi connectivity index (χ1) is 17.2. The third-order valence-electron chi connectivity index (χ3n) is 6.14. The highest BCUT2D eigenvalue weighted by Gasteiger charge is 2.23. The molecule has 0 radical (unpaired) electrons. The zero-order valence-electron chi connectivity index (χ0n) is 19.6. The summed E-state index contributed by atoms with van der Waals surface area (Å²) in [4.78, 5) is 11.6. The fourth-order valence-corrected chi connectivity index (χ4v) is 5.98. The van der Waals surface area contributed by atoms with Crippen LogP contribution in [0.25, 0.3) is 33.6 Å². The van der Waals surface area contributed by atoms with Gasteiger partial charge in [-0.1, -0.05) is 32.0 Å². The van der Waals surface area contributed by atoms with Gasteiger partial charge in [0.15, 0.2) is 0 Å². The molecule has 5 aromatic rings. The molecule has 5 rings (SSSR count). The summed E-state index contributed by atoms with van der Waals surface area (Å²) in [5.74, 6) is -1.48. The molecule has 2 aromatic heterocycles. The number of rotatable bonds is 6. The SMILES string of the molecule is CC(C)c1c(/C=C/C(=O)O)c2cc3c(ccn3S(=O)(=O)c3ccccc3)cc2n1-c1ccc(F)cc1. The number of carboxylic acids is 1. The van der Waals surface area contributed by atoms with Gasteiger partial charge in [-0.25, -0.2) is 21.6 Å². The van der Waals surface area contributed by atoms with Crippen LogP contribution in [-0.2, 0) is 14.8 Å². The van der Waals surface area contributed by atoms with Crippen molar-refractivity contribution in [1.82, 2.24) is 8.54 Å². The fourth-order valence-electron chi connectivity index (χ4n) is 4.62. The number of nitrogens with zero attached hydrogens (tertiary/aromatic N) is 2. The minimum atomic E-state index is -3.85. The van der Waals surface area contributed by atoms with Gasteiger partial charge in [0.1, 0.15) is 5.82 Å². The number of aliphatic carboxylic acids is 1. The van der Waals surface area contributed by atoms with E-state index in [1.807, 2.05) is 24.5 Å². The lowest BCUT2D eigenvalue weighted by molar-refractivity contribution is -0.131. The third-order valence-corrected chi connectivity index (χ3v) is 7.85. The van der Waals surface area contributed by atoms with Crippen LogP contribution in [0.1, 0.15) is 31.0 Å². The molecule has 0 aliphatic carbocycles. The Morgan fingerprint density at radius 1 is 0.972 bits per heavy atom. The van der Waals surface area contributed by atoms with Crippen molar-refractivity contribution in [2.45, 2.75) is 24.7 Å². The van der Waals surface area contributed by atoms with Crippen LogP contribution in [0.2, 0.25) is 0 Å². The van der Waals surface area contributed by atoms with E-state index in [-0.39, 0.29) is 16.6 Å². The Hall–Kier alpha value is -4.17. The number of hydrogen-bond acceptors (Lipinski definition) is 3. The Kier molecular flexibility index (Phi) is 5.76. The van der Waals surface area contributed by atoms with Crippen molar-refractivity contribution in [2.24, 2.45) is 0 Å². The van der Waals surface area contributed by atoms with Crippen LogP contribution in [0.3, 0.4) is 0 Å². The molecule has 3 aromatic carbocycles. The number of hydrogen-bond donors (Lipinski definition) is 1. The van der Waals surface area contributed by atoms with Gasteiger partial charge in [0.25, 0.3) is 10.0 Å². The summed E-state index contributed by atoms with van der Waals surface area (Å²) in [5.41, 5.74) is 3.45. The Morgan fingerprint density at radius 2 is 1.67 bits per heavy atom. The number of fused-ring (bicyclic) bond motifs is 2. The number of aromatic nitrogens is 2. The average Bonchev–Trinajstić information content (AvgIpc) is 3.41. The Bertz CT molecular complexity index is 1750. The van der Waals surface area contributed by atoms with Gasteiger partial charge in [0.05, 0.1) is 15.9 Å². The second-order valence-corrected chi connectivity index (χ2v) is 10.6. The molecule has 36 heavy (non-hydrogen) atoms. The maximum atomic E-state index is 13.7. The monoisotopic (exact) mass is 502 g/mol. The molecule has 0 atom stereocenters. The van der Waals surface area contributed by atoms with E-state index < -0.39 is 16.0 Å². The Morgan fingerprint density at radius 3 is 2.31 bits per heavy atom. The molecule has 0 amide bonds. The molecule has 0 unspecified atom stereocenters. The molecular weight excluding hydrogens is 479 g/mol. The van der Waals surface area contributed by atoms with Gasteiger partial charge in [-0.2, -0.15) is 0 Å². The van der Waals surface area contributed by atoms with Crippen LogP contribution in [0.15, 0.2) is 90.0 Å². The number of halogens is 1. The minimum absolute atomic E-state index is 0.0227. The summed E-state index contributed by atoms with van der Waals surface area (Å²) >= 11 is 0. The lowest BCUT2D eigenvalue weighted by atomic mass is 10.0. The molecule has 1 N–H and O–H groups in total. The molecule has 182 valence electrons. The van der Waals surface area contributed by atoms with Gasteiger partial charge in [0, 0.05) is 40.0 Å². The highest BCUT2D eigenvalue weighted by Crippen LogP contribution is 2.38. The standard InChI is InChI=1S/C28H23FN2O4S/c1-18(2)28-23(12-13-27(32)33)24-17-25-19(16-26(24)31(28)21-10-8-20(29)9-11-21)14-15-30(25)36(34,35)22-6-4-3-5-7-22/h3-18H,1-2H3,(H,32,33)/b13-12+. The summed E-state index contributed by atoms with van der Waals surface area (Å²) < 4.78 is 43.7. The van der Waals surface area contributed by atoms with Crippen LogP contribution in [0.4, 0.5) is 4.39 Å². The summed E-state index contributed by atoms with van der Waals surface area (Å²) in [6.07, 6.45) is 4.12. The van der Waals surface area contributed by atoms with Crippen LogP contribution in [0, 0.1) is 5.82 Å². The number of carboxylic acid groups (broad SMARTS) is 1. The highest BCUT2D eigenvalue weighted by atomic mass is 32.2. The first-order valence-corrected chi connectivity index (χ1v) is 12.8. The van der Waals surface area contributed by atoms with E-state index >= 15 is 0 Å². The molecule has 0 bridgehead atoms. The normalized spacial score (nSPS) is 12.3. The van der Waals surface area contributed by atoms with Crippen LogP contribution < -0.4 is 0 Å². The van der Waals surface area contributed by atoms with E-state index in [9.17, 15) is 22.7 Å². The van der Waals surface area contributed by atoms with Crippen molar-refractivity contribution in [3.63, 3.8) is 0 Å². The topological polar surface area (TPSA) is 81.3 Å². The molecule has 8 heteroatoms. The lowest BCUT2D eigenvalue weighted by Gasteiger charge is -2.14. The zero-order valence-corrected chi connectivity index (χ0v) is 20.4. The maximum absolute atomic E-state index is 13.7.